The van der Waals surface area contributed by atoms with Crippen molar-refractivity contribution in [3.8, 4) is 0 Å². The first-order valence-corrected chi connectivity index (χ1v) is 4.53. The first-order chi connectivity index (χ1) is 6.77. The number of fused-ring (bicyclic) bond motifs is 3. The van der Waals surface area contributed by atoms with E-state index in [2.05, 4.69) is 27.4 Å². The van der Waals surface area contributed by atoms with Gasteiger partial charge >= 0.3 is 0 Å². The van der Waals surface area contributed by atoms with Crippen LogP contribution in [0.5, 0.6) is 0 Å². The van der Waals surface area contributed by atoms with Crippen LogP contribution in [-0.2, 0) is 7.05 Å². The van der Waals surface area contributed by atoms with Gasteiger partial charge in [0.15, 0.2) is 0 Å². The molecule has 0 unspecified atom stereocenters. The Hall–Kier alpha value is -1.84. The van der Waals surface area contributed by atoms with Crippen molar-refractivity contribution in [2.24, 2.45) is 7.05 Å². The van der Waals surface area contributed by atoms with E-state index in [1.54, 1.807) is 0 Å². The highest BCUT2D eigenvalue weighted by molar-refractivity contribution is 6.04. The van der Waals surface area contributed by atoms with Gasteiger partial charge in [-0.1, -0.05) is 0 Å². The van der Waals surface area contributed by atoms with Gasteiger partial charge in [-0.15, -0.1) is 5.10 Å². The van der Waals surface area contributed by atoms with Crippen molar-refractivity contribution < 1.29 is 0 Å². The van der Waals surface area contributed by atoms with E-state index < -0.39 is 0 Å². The van der Waals surface area contributed by atoms with E-state index >= 15 is 0 Å². The van der Waals surface area contributed by atoms with Crippen LogP contribution in [0.1, 0.15) is 5.69 Å². The van der Waals surface area contributed by atoms with Crippen LogP contribution in [0.3, 0.4) is 0 Å². The summed E-state index contributed by atoms with van der Waals surface area (Å²) in [7, 11) is 1.98. The van der Waals surface area contributed by atoms with Crippen LogP contribution < -0.4 is 0 Å². The zero-order valence-corrected chi connectivity index (χ0v) is 8.07. The molecular formula is C10H10N4. The third-order valence-corrected chi connectivity index (χ3v) is 2.65. The lowest BCUT2D eigenvalue weighted by Crippen LogP contribution is -1.87. The summed E-state index contributed by atoms with van der Waals surface area (Å²) in [5.74, 6) is 0. The minimum Gasteiger partial charge on any atom is -0.305 e. The van der Waals surface area contributed by atoms with Gasteiger partial charge < -0.3 is 5.10 Å². The minimum absolute atomic E-state index is 0.983. The molecule has 4 heteroatoms. The van der Waals surface area contributed by atoms with Crippen molar-refractivity contribution in [3.63, 3.8) is 0 Å². The Morgan fingerprint density at radius 3 is 2.93 bits per heavy atom. The molecule has 3 aromatic rings. The number of nitrogens with zero attached hydrogens (tertiary/aromatic N) is 3. The molecule has 0 aliphatic rings. The number of rotatable bonds is 0. The highest BCUT2D eigenvalue weighted by Crippen LogP contribution is 2.24. The van der Waals surface area contributed by atoms with E-state index in [1.807, 2.05) is 24.9 Å². The second kappa shape index (κ2) is 2.35. The van der Waals surface area contributed by atoms with Crippen molar-refractivity contribution in [3.05, 3.63) is 24.0 Å². The summed E-state index contributed by atoms with van der Waals surface area (Å²) in [6.45, 7) is 1.98. The van der Waals surface area contributed by atoms with E-state index in [4.69, 9.17) is 0 Å². The van der Waals surface area contributed by atoms with Crippen molar-refractivity contribution in [1.29, 1.82) is 0 Å². The molecular weight excluding hydrogens is 176 g/mol. The Balaban J connectivity index is 2.62. The normalized spacial score (nSPS) is 11.6. The summed E-state index contributed by atoms with van der Waals surface area (Å²) in [6, 6.07) is 4.16. The van der Waals surface area contributed by atoms with Gasteiger partial charge in [0.05, 0.1) is 11.2 Å². The van der Waals surface area contributed by atoms with Crippen LogP contribution in [0.2, 0.25) is 0 Å². The van der Waals surface area contributed by atoms with Gasteiger partial charge in [-0.2, -0.15) is 5.10 Å². The third-order valence-electron chi connectivity index (χ3n) is 2.65. The molecule has 0 amide bonds. The van der Waals surface area contributed by atoms with Crippen LogP contribution in [0.4, 0.5) is 0 Å². The van der Waals surface area contributed by atoms with Crippen molar-refractivity contribution in [1.82, 2.24) is 20.0 Å². The van der Waals surface area contributed by atoms with Gasteiger partial charge in [0.1, 0.15) is 5.52 Å². The molecule has 0 radical (unpaired) electrons. The highest BCUT2D eigenvalue weighted by Gasteiger charge is 2.08. The molecule has 2 aromatic heterocycles. The molecule has 1 aromatic carbocycles. The lowest BCUT2D eigenvalue weighted by molar-refractivity contribution is 0.797. The average Bonchev–Trinajstić information content (AvgIpc) is 2.72. The van der Waals surface area contributed by atoms with Crippen molar-refractivity contribution in [2.75, 3.05) is 0 Å². The molecule has 0 aliphatic carbocycles. The molecule has 14 heavy (non-hydrogen) atoms. The van der Waals surface area contributed by atoms with Gasteiger partial charge in [0.25, 0.3) is 0 Å². The molecule has 0 fully saturated rings. The number of aryl methyl sites for hydroxylation is 2. The van der Waals surface area contributed by atoms with Crippen LogP contribution in [0.15, 0.2) is 18.3 Å². The highest BCUT2D eigenvalue weighted by atomic mass is 15.2. The maximum absolute atomic E-state index is 4.18. The average molecular weight is 186 g/mol. The number of nitrogens with one attached hydrogen (secondary N) is 1. The Morgan fingerprint density at radius 1 is 1.21 bits per heavy atom. The van der Waals surface area contributed by atoms with Gasteiger partial charge in [0.2, 0.25) is 0 Å². The van der Waals surface area contributed by atoms with E-state index in [0.29, 0.717) is 0 Å². The summed E-state index contributed by atoms with van der Waals surface area (Å²) in [5, 5.41) is 13.7. The quantitative estimate of drug-likeness (QED) is 0.581. The molecule has 70 valence electrons. The summed E-state index contributed by atoms with van der Waals surface area (Å²) in [4.78, 5) is 0. The van der Waals surface area contributed by atoms with Crippen LogP contribution in [0, 0.1) is 6.92 Å². The molecule has 4 nitrogen and oxygen atoms in total. The minimum atomic E-state index is 0.983. The monoisotopic (exact) mass is 186 g/mol. The smallest absolute Gasteiger partial charge is 0.106 e. The predicted octanol–water partition coefficient (Wildman–Crippen LogP) is 1.76. The van der Waals surface area contributed by atoms with E-state index in [9.17, 15) is 0 Å². The first kappa shape index (κ1) is 7.55. The second-order valence-electron chi connectivity index (χ2n) is 3.51. The Morgan fingerprint density at radius 2 is 2.07 bits per heavy atom. The number of aromatic nitrogens is 4. The topological polar surface area (TPSA) is 46.5 Å². The SMILES string of the molecule is Cc1nnc2c1ccc1c2c[nH]n1C. The first-order valence-electron chi connectivity index (χ1n) is 4.53. The van der Waals surface area contributed by atoms with Gasteiger partial charge in [0, 0.05) is 24.0 Å². The van der Waals surface area contributed by atoms with Crippen molar-refractivity contribution >= 4 is 21.8 Å². The summed E-state index contributed by atoms with van der Waals surface area (Å²) in [6.07, 6.45) is 1.96. The maximum atomic E-state index is 4.18. The Labute approximate surface area is 80.5 Å². The molecule has 0 saturated carbocycles. The van der Waals surface area contributed by atoms with E-state index in [0.717, 1.165) is 27.5 Å². The molecule has 0 atom stereocenters. The number of aromatic amines is 1. The second-order valence-corrected chi connectivity index (χ2v) is 3.51. The van der Waals surface area contributed by atoms with Gasteiger partial charge in [-0.3, -0.25) is 4.68 Å². The van der Waals surface area contributed by atoms with Gasteiger partial charge in [-0.05, 0) is 19.1 Å². The fourth-order valence-electron chi connectivity index (χ4n) is 1.84. The van der Waals surface area contributed by atoms with Crippen molar-refractivity contribution in [2.45, 2.75) is 6.92 Å². The summed E-state index contributed by atoms with van der Waals surface area (Å²) >= 11 is 0. The Bertz CT molecular complexity index is 562. The molecule has 0 aliphatic heterocycles. The fraction of sp³-hybridized carbons (Fsp3) is 0.200. The molecule has 3 rings (SSSR count). The molecule has 0 saturated heterocycles. The van der Waals surface area contributed by atoms with Crippen LogP contribution >= 0.6 is 0 Å². The third kappa shape index (κ3) is 0.775. The van der Waals surface area contributed by atoms with Crippen LogP contribution in [0.25, 0.3) is 21.8 Å². The summed E-state index contributed by atoms with van der Waals surface area (Å²) < 4.78 is 1.97. The Kier molecular flexibility index (Phi) is 1.27. The van der Waals surface area contributed by atoms with Gasteiger partial charge in [-0.25, -0.2) is 0 Å². The predicted molar refractivity (Wildman–Crippen MR) is 55.1 cm³/mol. The number of H-pyrrole nitrogens is 1. The number of benzene rings is 1. The largest absolute Gasteiger partial charge is 0.305 e. The molecule has 0 bridgehead atoms. The standard InChI is InChI=1S/C10H10N4/c1-6-7-3-4-9-8(5-11-14(9)2)10(7)13-12-6/h3-5,11H,1-2H3. The zero-order chi connectivity index (χ0) is 9.71. The molecule has 1 N–H and O–H groups in total. The lowest BCUT2D eigenvalue weighted by Gasteiger charge is -1.94. The number of hydrogen-bond acceptors (Lipinski definition) is 2. The molecule has 2 heterocycles. The van der Waals surface area contributed by atoms with Crippen LogP contribution in [-0.4, -0.2) is 20.0 Å². The van der Waals surface area contributed by atoms with E-state index in [-0.39, 0.29) is 0 Å². The fourth-order valence-corrected chi connectivity index (χ4v) is 1.84. The molecule has 0 spiro atoms. The number of hydrogen-bond donors (Lipinski definition) is 1. The zero-order valence-electron chi connectivity index (χ0n) is 8.07. The maximum Gasteiger partial charge on any atom is 0.106 e. The summed E-state index contributed by atoms with van der Waals surface area (Å²) in [5.41, 5.74) is 3.13. The lowest BCUT2D eigenvalue weighted by atomic mass is 10.1. The van der Waals surface area contributed by atoms with E-state index in [1.165, 1.54) is 0 Å².